The largest absolute Gasteiger partial charge is 0.494 e. The van der Waals surface area contributed by atoms with Gasteiger partial charge in [-0.2, -0.15) is 0 Å². The minimum atomic E-state index is 0.558. The number of tetrazole rings is 1. The van der Waals surface area contributed by atoms with Gasteiger partial charge in [-0.05, 0) is 42.0 Å². The van der Waals surface area contributed by atoms with Gasteiger partial charge in [0.15, 0.2) is 0 Å². The van der Waals surface area contributed by atoms with E-state index in [1.165, 1.54) is 0 Å². The summed E-state index contributed by atoms with van der Waals surface area (Å²) in [6.45, 7) is 6.07. The van der Waals surface area contributed by atoms with Crippen LogP contribution in [0, 0.1) is 0 Å². The van der Waals surface area contributed by atoms with Crippen molar-refractivity contribution in [2.24, 2.45) is 0 Å². The predicted molar refractivity (Wildman–Crippen MR) is 82.7 cm³/mol. The van der Waals surface area contributed by atoms with Crippen LogP contribution in [0.25, 0.3) is 0 Å². The fourth-order valence-corrected chi connectivity index (χ4v) is 2.14. The Kier molecular flexibility index (Phi) is 5.80. The molecule has 0 aliphatic carbocycles. The number of ether oxygens (including phenoxy) is 1. The number of hydrogen-bond acceptors (Lipinski definition) is 5. The highest BCUT2D eigenvalue weighted by molar-refractivity contribution is 6.30. The summed E-state index contributed by atoms with van der Waals surface area (Å²) in [6.07, 6.45) is 2.14. The molecule has 6 nitrogen and oxygen atoms in total. The average Bonchev–Trinajstić information content (AvgIpc) is 2.93. The lowest BCUT2D eigenvalue weighted by atomic mass is 10.2. The lowest BCUT2D eigenvalue weighted by Gasteiger charge is -2.12. The van der Waals surface area contributed by atoms with Gasteiger partial charge in [0, 0.05) is 23.7 Å². The van der Waals surface area contributed by atoms with E-state index in [2.05, 4.69) is 27.8 Å². The van der Waals surface area contributed by atoms with E-state index in [1.54, 1.807) is 4.68 Å². The first kappa shape index (κ1) is 15.6. The van der Waals surface area contributed by atoms with Crippen molar-refractivity contribution in [2.75, 3.05) is 11.9 Å². The monoisotopic (exact) mass is 309 g/mol. The van der Waals surface area contributed by atoms with Crippen LogP contribution in [0.5, 0.6) is 5.75 Å². The van der Waals surface area contributed by atoms with E-state index in [4.69, 9.17) is 16.3 Å². The molecular weight excluding hydrogens is 290 g/mol. The van der Waals surface area contributed by atoms with Gasteiger partial charge in [-0.25, -0.2) is 4.68 Å². The molecule has 0 spiro atoms. The van der Waals surface area contributed by atoms with Crippen LogP contribution in [0.15, 0.2) is 18.2 Å². The Bertz CT molecular complexity index is 572. The van der Waals surface area contributed by atoms with Crippen molar-refractivity contribution in [1.29, 1.82) is 0 Å². The molecule has 0 amide bonds. The summed E-state index contributed by atoms with van der Waals surface area (Å²) >= 11 is 6.05. The molecule has 0 atom stereocenters. The zero-order chi connectivity index (χ0) is 15.1. The third kappa shape index (κ3) is 4.32. The Hall–Kier alpha value is -1.82. The molecule has 0 radical (unpaired) electrons. The van der Waals surface area contributed by atoms with Gasteiger partial charge in [0.05, 0.1) is 6.61 Å². The molecule has 0 saturated heterocycles. The Labute approximate surface area is 129 Å². The van der Waals surface area contributed by atoms with Crippen LogP contribution in [0.2, 0.25) is 5.02 Å². The van der Waals surface area contributed by atoms with Gasteiger partial charge in [0.25, 0.3) is 0 Å². The molecule has 1 heterocycles. The van der Waals surface area contributed by atoms with Gasteiger partial charge in [-0.3, -0.25) is 0 Å². The quantitative estimate of drug-likeness (QED) is 0.811. The molecule has 2 rings (SSSR count). The minimum Gasteiger partial charge on any atom is -0.494 e. The Morgan fingerprint density at radius 1 is 1.33 bits per heavy atom. The third-order valence-corrected chi connectivity index (χ3v) is 3.25. The second-order valence-electron chi connectivity index (χ2n) is 4.62. The van der Waals surface area contributed by atoms with E-state index < -0.39 is 0 Å². The van der Waals surface area contributed by atoms with Crippen molar-refractivity contribution < 1.29 is 4.74 Å². The minimum absolute atomic E-state index is 0.558. The van der Waals surface area contributed by atoms with Crippen LogP contribution >= 0.6 is 11.6 Å². The molecule has 1 N–H and O–H groups in total. The van der Waals surface area contributed by atoms with Crippen LogP contribution in [0.1, 0.15) is 32.3 Å². The molecule has 0 aliphatic heterocycles. The van der Waals surface area contributed by atoms with Crippen LogP contribution in [-0.2, 0) is 13.1 Å². The lowest BCUT2D eigenvalue weighted by molar-refractivity contribution is 0.337. The number of nitrogens with one attached hydrogen (secondary N) is 1. The summed E-state index contributed by atoms with van der Waals surface area (Å²) in [5.41, 5.74) is 0.981. The highest BCUT2D eigenvalue weighted by Gasteiger charge is 2.08. The molecule has 21 heavy (non-hydrogen) atoms. The first-order chi connectivity index (χ1) is 10.2. The maximum Gasteiger partial charge on any atom is 0.243 e. The van der Waals surface area contributed by atoms with Gasteiger partial charge in [0.2, 0.25) is 5.95 Å². The first-order valence-corrected chi connectivity index (χ1v) is 7.53. The number of nitrogens with zero attached hydrogens (tertiary/aromatic N) is 4. The summed E-state index contributed by atoms with van der Waals surface area (Å²) in [6, 6.07) is 5.59. The Morgan fingerprint density at radius 2 is 2.19 bits per heavy atom. The molecule has 7 heteroatoms. The maximum atomic E-state index is 6.05. The number of aryl methyl sites for hydroxylation is 1. The van der Waals surface area contributed by atoms with E-state index in [9.17, 15) is 0 Å². The molecule has 2 aromatic rings. The van der Waals surface area contributed by atoms with E-state index in [0.717, 1.165) is 30.7 Å². The summed E-state index contributed by atoms with van der Waals surface area (Å²) in [7, 11) is 0. The number of halogens is 1. The van der Waals surface area contributed by atoms with E-state index in [-0.39, 0.29) is 0 Å². The Balaban J connectivity index is 2.05. The summed E-state index contributed by atoms with van der Waals surface area (Å²) in [5, 5.41) is 15.6. The first-order valence-electron chi connectivity index (χ1n) is 7.15. The summed E-state index contributed by atoms with van der Waals surface area (Å²) in [4.78, 5) is 0. The second kappa shape index (κ2) is 7.83. The molecule has 0 unspecified atom stereocenters. The fraction of sp³-hybridized carbons (Fsp3) is 0.500. The SMILES string of the molecule is CCCCn1nnnc1NCc1cc(Cl)ccc1OCC. The molecule has 0 aliphatic rings. The van der Waals surface area contributed by atoms with Crippen LogP contribution in [0.3, 0.4) is 0 Å². The number of benzene rings is 1. The molecule has 0 bridgehead atoms. The average molecular weight is 310 g/mol. The van der Waals surface area contributed by atoms with Gasteiger partial charge in [0.1, 0.15) is 5.75 Å². The standard InChI is InChI=1S/C14H20ClN5O/c1-3-5-8-20-14(17-18-19-20)16-10-11-9-12(15)6-7-13(11)21-4-2/h6-7,9H,3-5,8,10H2,1-2H3,(H,16,17,19). The third-order valence-electron chi connectivity index (χ3n) is 3.01. The van der Waals surface area contributed by atoms with Crippen LogP contribution in [-0.4, -0.2) is 26.8 Å². The van der Waals surface area contributed by atoms with Crippen molar-refractivity contribution in [1.82, 2.24) is 20.2 Å². The zero-order valence-electron chi connectivity index (χ0n) is 12.3. The van der Waals surface area contributed by atoms with Crippen LogP contribution < -0.4 is 10.1 Å². The normalized spacial score (nSPS) is 10.6. The number of rotatable bonds is 8. The zero-order valence-corrected chi connectivity index (χ0v) is 13.1. The van der Waals surface area contributed by atoms with Gasteiger partial charge in [-0.15, -0.1) is 0 Å². The number of aromatic nitrogens is 4. The molecule has 114 valence electrons. The number of hydrogen-bond donors (Lipinski definition) is 1. The molecule has 0 fully saturated rings. The smallest absolute Gasteiger partial charge is 0.243 e. The lowest BCUT2D eigenvalue weighted by Crippen LogP contribution is -2.10. The van der Waals surface area contributed by atoms with Crippen molar-refractivity contribution in [3.8, 4) is 5.75 Å². The van der Waals surface area contributed by atoms with Crippen molar-refractivity contribution in [2.45, 2.75) is 39.8 Å². The summed E-state index contributed by atoms with van der Waals surface area (Å²) < 4.78 is 7.37. The highest BCUT2D eigenvalue weighted by atomic mass is 35.5. The van der Waals surface area contributed by atoms with Gasteiger partial charge >= 0.3 is 0 Å². The molecule has 1 aromatic carbocycles. The number of unbranched alkanes of at least 4 members (excludes halogenated alkanes) is 1. The van der Waals surface area contributed by atoms with Crippen molar-refractivity contribution in [3.63, 3.8) is 0 Å². The van der Waals surface area contributed by atoms with E-state index >= 15 is 0 Å². The highest BCUT2D eigenvalue weighted by Crippen LogP contribution is 2.23. The summed E-state index contributed by atoms with van der Waals surface area (Å²) in [5.74, 6) is 1.48. The van der Waals surface area contributed by atoms with Gasteiger partial charge in [-0.1, -0.05) is 30.0 Å². The Morgan fingerprint density at radius 3 is 2.95 bits per heavy atom. The van der Waals surface area contributed by atoms with Gasteiger partial charge < -0.3 is 10.1 Å². The number of anilines is 1. The molecule has 1 aromatic heterocycles. The second-order valence-corrected chi connectivity index (χ2v) is 5.05. The van der Waals surface area contributed by atoms with E-state index in [1.807, 2.05) is 25.1 Å². The molecular formula is C14H20ClN5O. The maximum absolute atomic E-state index is 6.05. The molecule has 0 saturated carbocycles. The predicted octanol–water partition coefficient (Wildman–Crippen LogP) is 3.14. The fourth-order valence-electron chi connectivity index (χ4n) is 1.95. The van der Waals surface area contributed by atoms with Crippen LogP contribution in [0.4, 0.5) is 5.95 Å². The topological polar surface area (TPSA) is 64.9 Å². The van der Waals surface area contributed by atoms with Crippen molar-refractivity contribution in [3.05, 3.63) is 28.8 Å². The van der Waals surface area contributed by atoms with E-state index in [0.29, 0.717) is 24.1 Å². The van der Waals surface area contributed by atoms with Crippen molar-refractivity contribution >= 4 is 17.5 Å².